The molecule has 0 amide bonds. The molecule has 0 saturated heterocycles. The number of unbranched alkanes of at least 4 members (excludes halogenated alkanes) is 1. The summed E-state index contributed by atoms with van der Waals surface area (Å²) in [5.74, 6) is -3.58. The molecule has 230 valence electrons. The van der Waals surface area contributed by atoms with E-state index in [4.69, 9.17) is 9.47 Å². The first-order valence-electron chi connectivity index (χ1n) is 13.9. The largest absolute Gasteiger partial charge is 0.508 e. The van der Waals surface area contributed by atoms with E-state index in [1.54, 1.807) is 24.3 Å². The molecule has 4 atom stereocenters. The van der Waals surface area contributed by atoms with Gasteiger partial charge in [-0.15, -0.1) is 0 Å². The van der Waals surface area contributed by atoms with Crippen molar-refractivity contribution in [1.29, 1.82) is 0 Å². The van der Waals surface area contributed by atoms with Crippen LogP contribution in [0.5, 0.6) is 17.2 Å². The average Bonchev–Trinajstić information content (AvgIpc) is 2.89. The quantitative estimate of drug-likeness (QED) is 0.161. The van der Waals surface area contributed by atoms with Crippen LogP contribution < -0.4 is 4.74 Å². The van der Waals surface area contributed by atoms with Crippen molar-refractivity contribution < 1.29 is 45.8 Å². The van der Waals surface area contributed by atoms with Crippen molar-refractivity contribution in [2.45, 2.75) is 88.3 Å². The fraction of sp³-hybridized carbons (Fsp3) is 0.600. The second-order valence-electron chi connectivity index (χ2n) is 11.0. The van der Waals surface area contributed by atoms with E-state index in [-0.39, 0.29) is 40.4 Å². The van der Waals surface area contributed by atoms with E-state index in [0.717, 1.165) is 30.4 Å². The highest BCUT2D eigenvalue weighted by atomic mass is 32.2. The lowest BCUT2D eigenvalue weighted by atomic mass is 9.66. The number of aromatic hydroxyl groups is 2. The third-order valence-corrected chi connectivity index (χ3v) is 9.23. The number of fused-ring (bicyclic) bond motifs is 1. The maximum atomic E-state index is 12.9. The van der Waals surface area contributed by atoms with Crippen molar-refractivity contribution in [3.63, 3.8) is 0 Å². The number of phenols is 2. The Bertz CT molecular complexity index is 1140. The SMILES string of the molecule is CC(CCCC1c2ccc(O)cc2OCC1(C)c1ccc(O)cc1)OCCCCS(=O)CCCC(F)(F)C(F)(F)F. The van der Waals surface area contributed by atoms with Crippen LogP contribution in [0.25, 0.3) is 0 Å². The van der Waals surface area contributed by atoms with E-state index in [1.807, 2.05) is 25.1 Å². The molecule has 0 spiro atoms. The molecule has 0 fully saturated rings. The number of benzene rings is 2. The molecule has 0 aliphatic carbocycles. The summed E-state index contributed by atoms with van der Waals surface area (Å²) in [4.78, 5) is 0. The average molecular weight is 607 g/mol. The van der Waals surface area contributed by atoms with Crippen LogP contribution in [0.15, 0.2) is 42.5 Å². The van der Waals surface area contributed by atoms with Crippen LogP contribution >= 0.6 is 0 Å². The van der Waals surface area contributed by atoms with Gasteiger partial charge < -0.3 is 19.7 Å². The summed E-state index contributed by atoms with van der Waals surface area (Å²) in [6, 6.07) is 12.4. The summed E-state index contributed by atoms with van der Waals surface area (Å²) in [7, 11) is -1.44. The first-order valence-corrected chi connectivity index (χ1v) is 15.4. The minimum absolute atomic E-state index is 0.0239. The van der Waals surface area contributed by atoms with Crippen molar-refractivity contribution in [3.8, 4) is 17.2 Å². The molecular weight excluding hydrogens is 567 g/mol. The van der Waals surface area contributed by atoms with E-state index >= 15 is 0 Å². The Labute approximate surface area is 240 Å². The van der Waals surface area contributed by atoms with E-state index in [1.165, 1.54) is 0 Å². The monoisotopic (exact) mass is 606 g/mol. The topological polar surface area (TPSA) is 76.0 Å². The molecule has 5 nitrogen and oxygen atoms in total. The summed E-state index contributed by atoms with van der Waals surface area (Å²) in [5, 5.41) is 19.7. The summed E-state index contributed by atoms with van der Waals surface area (Å²) in [5.41, 5.74) is 1.73. The zero-order chi connectivity index (χ0) is 30.3. The zero-order valence-electron chi connectivity index (χ0n) is 23.4. The van der Waals surface area contributed by atoms with E-state index in [0.29, 0.717) is 31.8 Å². The Kier molecular flexibility index (Phi) is 11.4. The van der Waals surface area contributed by atoms with Gasteiger partial charge in [0, 0.05) is 52.7 Å². The first kappa shape index (κ1) is 33.1. The molecule has 3 rings (SSSR count). The standard InChI is InChI=1S/C30H39F5O5S/c1-21(39-16-3-4-17-41(38)18-6-15-29(31,32)30(33,34)35)7-5-8-26-25-14-13-24(37)19-27(25)40-20-28(26,2)22-9-11-23(36)12-10-22/h9-14,19,21,26,36-37H,3-8,15-18,20H2,1-2H3. The highest BCUT2D eigenvalue weighted by molar-refractivity contribution is 7.84. The number of hydrogen-bond acceptors (Lipinski definition) is 5. The third-order valence-electron chi connectivity index (χ3n) is 7.75. The highest BCUT2D eigenvalue weighted by Crippen LogP contribution is 2.49. The van der Waals surface area contributed by atoms with Crippen LogP contribution in [-0.4, -0.2) is 57.3 Å². The van der Waals surface area contributed by atoms with Gasteiger partial charge in [-0.25, -0.2) is 0 Å². The first-order chi connectivity index (χ1) is 19.2. The second kappa shape index (κ2) is 14.2. The van der Waals surface area contributed by atoms with Crippen molar-refractivity contribution in [3.05, 3.63) is 53.6 Å². The Morgan fingerprint density at radius 1 is 1.00 bits per heavy atom. The predicted octanol–water partition coefficient (Wildman–Crippen LogP) is 7.61. The molecule has 0 aromatic heterocycles. The van der Waals surface area contributed by atoms with Crippen LogP contribution in [0.3, 0.4) is 0 Å². The van der Waals surface area contributed by atoms with Gasteiger partial charge >= 0.3 is 12.1 Å². The van der Waals surface area contributed by atoms with Crippen LogP contribution in [0.4, 0.5) is 22.0 Å². The summed E-state index contributed by atoms with van der Waals surface area (Å²) in [6.07, 6.45) is -3.73. The van der Waals surface area contributed by atoms with Gasteiger partial charge in [0.2, 0.25) is 0 Å². The van der Waals surface area contributed by atoms with Crippen LogP contribution in [0.2, 0.25) is 0 Å². The number of halogens is 5. The van der Waals surface area contributed by atoms with Gasteiger partial charge in [0.05, 0.1) is 12.7 Å². The Balaban J connectivity index is 1.42. The number of ether oxygens (including phenoxy) is 2. The Hall–Kier alpha value is -2.40. The molecule has 1 aliphatic rings. The van der Waals surface area contributed by atoms with Crippen molar-refractivity contribution in [2.75, 3.05) is 24.7 Å². The molecule has 0 saturated carbocycles. The molecule has 1 aliphatic heterocycles. The fourth-order valence-corrected chi connectivity index (χ4v) is 6.45. The van der Waals surface area contributed by atoms with Crippen LogP contribution in [0.1, 0.15) is 75.8 Å². The van der Waals surface area contributed by atoms with Gasteiger partial charge in [-0.05, 0) is 68.4 Å². The molecule has 0 radical (unpaired) electrons. The normalized spacial score (nSPS) is 20.7. The molecule has 0 bridgehead atoms. The Morgan fingerprint density at radius 2 is 1.66 bits per heavy atom. The third kappa shape index (κ3) is 9.04. The number of hydrogen-bond donors (Lipinski definition) is 2. The molecule has 2 aromatic rings. The maximum Gasteiger partial charge on any atom is 0.453 e. The van der Waals surface area contributed by atoms with Crippen molar-refractivity contribution in [1.82, 2.24) is 0 Å². The van der Waals surface area contributed by atoms with Gasteiger partial charge in [-0.1, -0.05) is 31.5 Å². The van der Waals surface area contributed by atoms with E-state index in [2.05, 4.69) is 6.92 Å². The highest BCUT2D eigenvalue weighted by Gasteiger charge is 2.56. The van der Waals surface area contributed by atoms with Gasteiger partial charge in [-0.2, -0.15) is 22.0 Å². The molecule has 41 heavy (non-hydrogen) atoms. The maximum absolute atomic E-state index is 12.9. The minimum atomic E-state index is -5.58. The number of phenolic OH excluding ortho intramolecular Hbond substituents is 2. The van der Waals surface area contributed by atoms with Crippen LogP contribution in [0, 0.1) is 0 Å². The van der Waals surface area contributed by atoms with Gasteiger partial charge in [0.1, 0.15) is 17.2 Å². The molecule has 11 heteroatoms. The van der Waals surface area contributed by atoms with E-state index in [9.17, 15) is 36.4 Å². The molecule has 2 aromatic carbocycles. The lowest BCUT2D eigenvalue weighted by molar-refractivity contribution is -0.284. The second-order valence-corrected chi connectivity index (χ2v) is 12.7. The molecular formula is C30H39F5O5S. The summed E-state index contributed by atoms with van der Waals surface area (Å²) in [6.45, 7) is 4.99. The number of alkyl halides is 5. The van der Waals surface area contributed by atoms with Crippen LogP contribution in [-0.2, 0) is 21.0 Å². The summed E-state index contributed by atoms with van der Waals surface area (Å²) >= 11 is 0. The Morgan fingerprint density at radius 3 is 2.34 bits per heavy atom. The predicted molar refractivity (Wildman–Crippen MR) is 148 cm³/mol. The smallest absolute Gasteiger partial charge is 0.453 e. The number of rotatable bonds is 15. The fourth-order valence-electron chi connectivity index (χ4n) is 5.25. The van der Waals surface area contributed by atoms with Gasteiger partial charge in [0.15, 0.2) is 0 Å². The minimum Gasteiger partial charge on any atom is -0.508 e. The lowest BCUT2D eigenvalue weighted by Crippen LogP contribution is -2.40. The van der Waals surface area contributed by atoms with E-state index < -0.39 is 35.7 Å². The lowest BCUT2D eigenvalue weighted by Gasteiger charge is -2.43. The summed E-state index contributed by atoms with van der Waals surface area (Å²) < 4.78 is 86.4. The van der Waals surface area contributed by atoms with Crippen molar-refractivity contribution >= 4 is 10.8 Å². The molecule has 1 heterocycles. The van der Waals surface area contributed by atoms with Gasteiger partial charge in [-0.3, -0.25) is 4.21 Å². The van der Waals surface area contributed by atoms with Crippen molar-refractivity contribution in [2.24, 2.45) is 0 Å². The zero-order valence-corrected chi connectivity index (χ0v) is 24.2. The molecule has 4 unspecified atom stereocenters. The van der Waals surface area contributed by atoms with Gasteiger partial charge in [0.25, 0.3) is 0 Å². The molecule has 2 N–H and O–H groups in total.